The Hall–Kier alpha value is -1.68. The minimum absolute atomic E-state index is 0.171. The summed E-state index contributed by atoms with van der Waals surface area (Å²) in [6, 6.07) is 17.7. The number of hydrogen-bond acceptors (Lipinski definition) is 3. The summed E-state index contributed by atoms with van der Waals surface area (Å²) in [5, 5.41) is 18.5. The number of aryl methyl sites for hydroxylation is 2. The van der Waals surface area contributed by atoms with Crippen LogP contribution < -0.4 is 5.73 Å². The van der Waals surface area contributed by atoms with Crippen LogP contribution in [0.25, 0.3) is 11.1 Å². The second-order valence-corrected chi connectivity index (χ2v) is 7.74. The summed E-state index contributed by atoms with van der Waals surface area (Å²) in [4.78, 5) is 0. The molecule has 0 radical (unpaired) electrons. The van der Waals surface area contributed by atoms with Gasteiger partial charge in [0, 0.05) is 0 Å². The van der Waals surface area contributed by atoms with Crippen molar-refractivity contribution in [1.29, 1.82) is 0 Å². The van der Waals surface area contributed by atoms with E-state index in [-0.39, 0.29) is 13.2 Å². The maximum Gasteiger partial charge on any atom is 0.0633 e. The van der Waals surface area contributed by atoms with Crippen LogP contribution in [0.3, 0.4) is 0 Å². The maximum absolute atomic E-state index is 9.23. The molecule has 3 nitrogen and oxygen atoms in total. The normalized spacial score (nSPS) is 11.7. The van der Waals surface area contributed by atoms with Crippen molar-refractivity contribution in [1.82, 2.24) is 0 Å². The van der Waals surface area contributed by atoms with E-state index < -0.39 is 5.54 Å². The second kappa shape index (κ2) is 11.2. The minimum atomic E-state index is -0.841. The van der Waals surface area contributed by atoms with Gasteiger partial charge < -0.3 is 15.9 Å². The molecule has 0 aliphatic rings. The number of nitrogens with two attached hydrogens (primary N) is 1. The molecule has 2 aromatic carbocycles. The Kier molecular flexibility index (Phi) is 8.99. The van der Waals surface area contributed by atoms with Crippen LogP contribution in [0.15, 0.2) is 48.5 Å². The summed E-state index contributed by atoms with van der Waals surface area (Å²) < 4.78 is 0. The summed E-state index contributed by atoms with van der Waals surface area (Å²) in [5.74, 6) is 0. The van der Waals surface area contributed by atoms with Crippen LogP contribution in [0.5, 0.6) is 0 Å². The van der Waals surface area contributed by atoms with E-state index in [2.05, 4.69) is 55.5 Å². The first-order valence-electron chi connectivity index (χ1n) is 10.3. The highest BCUT2D eigenvalue weighted by Crippen LogP contribution is 2.22. The third-order valence-electron chi connectivity index (χ3n) is 5.33. The highest BCUT2D eigenvalue weighted by Gasteiger charge is 2.21. The zero-order valence-electron chi connectivity index (χ0n) is 16.7. The summed E-state index contributed by atoms with van der Waals surface area (Å²) in [5.41, 5.74) is 10.3. The second-order valence-electron chi connectivity index (χ2n) is 7.74. The van der Waals surface area contributed by atoms with Crippen LogP contribution in [0, 0.1) is 0 Å². The summed E-state index contributed by atoms with van der Waals surface area (Å²) in [6.07, 6.45) is 8.54. The number of benzene rings is 2. The lowest BCUT2D eigenvalue weighted by Crippen LogP contribution is -2.47. The van der Waals surface area contributed by atoms with Crippen molar-refractivity contribution in [3.05, 3.63) is 59.7 Å². The quantitative estimate of drug-likeness (QED) is 0.483. The third-order valence-corrected chi connectivity index (χ3v) is 5.33. The van der Waals surface area contributed by atoms with Gasteiger partial charge in [0.1, 0.15) is 0 Å². The Labute approximate surface area is 164 Å². The molecule has 0 spiro atoms. The lowest BCUT2D eigenvalue weighted by Gasteiger charge is -2.24. The maximum atomic E-state index is 9.23. The molecule has 0 heterocycles. The summed E-state index contributed by atoms with van der Waals surface area (Å²) in [6.45, 7) is 1.90. The average molecular weight is 370 g/mol. The fourth-order valence-electron chi connectivity index (χ4n) is 3.32. The molecule has 0 fully saturated rings. The molecule has 0 saturated heterocycles. The largest absolute Gasteiger partial charge is 0.394 e. The Morgan fingerprint density at radius 2 is 1.15 bits per heavy atom. The van der Waals surface area contributed by atoms with E-state index in [1.807, 2.05) is 0 Å². The van der Waals surface area contributed by atoms with Gasteiger partial charge in [0.15, 0.2) is 0 Å². The highest BCUT2D eigenvalue weighted by atomic mass is 16.3. The zero-order chi connectivity index (χ0) is 19.5. The van der Waals surface area contributed by atoms with Gasteiger partial charge in [-0.25, -0.2) is 0 Å². The standard InChI is InChI=1S/C24H35NO2/c1-2-3-4-7-20-9-13-22(14-10-20)23-15-11-21(12-16-23)8-5-6-17-24(25,18-26)19-27/h9-16,26-27H,2-8,17-19,25H2,1H3. The monoisotopic (exact) mass is 369 g/mol. The van der Waals surface area contributed by atoms with Crippen molar-refractivity contribution < 1.29 is 10.2 Å². The van der Waals surface area contributed by atoms with Crippen molar-refractivity contribution in [2.75, 3.05) is 13.2 Å². The molecule has 0 amide bonds. The molecule has 0 aromatic heterocycles. The van der Waals surface area contributed by atoms with E-state index in [0.717, 1.165) is 19.3 Å². The van der Waals surface area contributed by atoms with Crippen molar-refractivity contribution in [2.45, 2.75) is 63.8 Å². The van der Waals surface area contributed by atoms with Gasteiger partial charge in [0.05, 0.1) is 18.8 Å². The van der Waals surface area contributed by atoms with E-state index in [1.54, 1.807) is 0 Å². The number of hydrogen-bond donors (Lipinski definition) is 3. The molecule has 2 aromatic rings. The topological polar surface area (TPSA) is 66.5 Å². The van der Waals surface area contributed by atoms with Crippen LogP contribution in [0.1, 0.15) is 56.6 Å². The number of rotatable bonds is 12. The predicted octanol–water partition coefficient (Wildman–Crippen LogP) is 4.48. The van der Waals surface area contributed by atoms with Crippen LogP contribution in [0.4, 0.5) is 0 Å². The van der Waals surface area contributed by atoms with Gasteiger partial charge in [0.25, 0.3) is 0 Å². The molecule has 0 bridgehead atoms. The molecule has 2 rings (SSSR count). The lowest BCUT2D eigenvalue weighted by atomic mass is 9.94. The fourth-order valence-corrected chi connectivity index (χ4v) is 3.32. The van der Waals surface area contributed by atoms with Crippen LogP contribution in [0.2, 0.25) is 0 Å². The van der Waals surface area contributed by atoms with Gasteiger partial charge in [-0.1, -0.05) is 74.7 Å². The van der Waals surface area contributed by atoms with Gasteiger partial charge in [0.2, 0.25) is 0 Å². The molecule has 4 N–H and O–H groups in total. The Morgan fingerprint density at radius 3 is 1.56 bits per heavy atom. The van der Waals surface area contributed by atoms with Crippen molar-refractivity contribution in [3.63, 3.8) is 0 Å². The first kappa shape index (κ1) is 21.6. The van der Waals surface area contributed by atoms with Gasteiger partial charge in [-0.2, -0.15) is 0 Å². The van der Waals surface area contributed by atoms with Crippen LogP contribution >= 0.6 is 0 Å². The van der Waals surface area contributed by atoms with E-state index >= 15 is 0 Å². The summed E-state index contributed by atoms with van der Waals surface area (Å²) >= 11 is 0. The van der Waals surface area contributed by atoms with E-state index in [1.165, 1.54) is 47.9 Å². The number of aliphatic hydroxyl groups excluding tert-OH is 2. The molecule has 0 aliphatic carbocycles. The highest BCUT2D eigenvalue weighted by molar-refractivity contribution is 5.63. The van der Waals surface area contributed by atoms with Gasteiger partial charge in [-0.3, -0.25) is 0 Å². The fraction of sp³-hybridized carbons (Fsp3) is 0.500. The zero-order valence-corrected chi connectivity index (χ0v) is 16.7. The first-order chi connectivity index (χ1) is 13.1. The molecule has 0 aliphatic heterocycles. The lowest BCUT2D eigenvalue weighted by molar-refractivity contribution is 0.112. The van der Waals surface area contributed by atoms with Crippen LogP contribution in [-0.4, -0.2) is 29.0 Å². The van der Waals surface area contributed by atoms with Gasteiger partial charge in [-0.05, 0) is 54.4 Å². The molecular weight excluding hydrogens is 334 g/mol. The Balaban J connectivity index is 1.82. The Morgan fingerprint density at radius 1 is 0.704 bits per heavy atom. The smallest absolute Gasteiger partial charge is 0.0633 e. The molecule has 0 saturated carbocycles. The van der Waals surface area contributed by atoms with Crippen molar-refractivity contribution in [3.8, 4) is 11.1 Å². The molecule has 0 unspecified atom stereocenters. The van der Waals surface area contributed by atoms with Crippen molar-refractivity contribution in [2.24, 2.45) is 5.73 Å². The molecule has 148 valence electrons. The van der Waals surface area contributed by atoms with Gasteiger partial charge in [-0.15, -0.1) is 0 Å². The minimum Gasteiger partial charge on any atom is -0.394 e. The van der Waals surface area contributed by atoms with E-state index in [0.29, 0.717) is 6.42 Å². The van der Waals surface area contributed by atoms with E-state index in [4.69, 9.17) is 5.73 Å². The van der Waals surface area contributed by atoms with Crippen molar-refractivity contribution >= 4 is 0 Å². The third kappa shape index (κ3) is 7.10. The van der Waals surface area contributed by atoms with Crippen LogP contribution in [-0.2, 0) is 12.8 Å². The van der Waals surface area contributed by atoms with E-state index in [9.17, 15) is 10.2 Å². The first-order valence-corrected chi connectivity index (χ1v) is 10.3. The number of aliphatic hydroxyl groups is 2. The molecular formula is C24H35NO2. The molecule has 0 atom stereocenters. The number of unbranched alkanes of at least 4 members (excludes halogenated alkanes) is 3. The van der Waals surface area contributed by atoms with Gasteiger partial charge >= 0.3 is 0 Å². The summed E-state index contributed by atoms with van der Waals surface area (Å²) in [7, 11) is 0. The predicted molar refractivity (Wildman–Crippen MR) is 114 cm³/mol. The molecule has 3 heteroatoms. The average Bonchev–Trinajstić information content (AvgIpc) is 2.72. The molecule has 27 heavy (non-hydrogen) atoms. The SMILES string of the molecule is CCCCCc1ccc(-c2ccc(CCCCC(N)(CO)CO)cc2)cc1. The Bertz CT molecular complexity index is 645.